The van der Waals surface area contributed by atoms with Crippen LogP contribution in [0.1, 0.15) is 24.2 Å². The van der Waals surface area contributed by atoms with E-state index in [1.165, 1.54) is 31.2 Å². The third-order valence-corrected chi connectivity index (χ3v) is 3.13. The third-order valence-electron chi connectivity index (χ3n) is 3.13. The number of hydrogen-bond donors (Lipinski definition) is 0. The Morgan fingerprint density at radius 2 is 1.52 bits per heavy atom. The Balaban J connectivity index is 2.50. The predicted molar refractivity (Wildman–Crippen MR) is 81.4 cm³/mol. The maximum absolute atomic E-state index is 13.4. The van der Waals surface area contributed by atoms with Crippen molar-refractivity contribution >= 4 is 11.5 Å². The van der Waals surface area contributed by atoms with Crippen LogP contribution in [0.3, 0.4) is 0 Å². The summed E-state index contributed by atoms with van der Waals surface area (Å²) < 4.78 is 45.3. The van der Waals surface area contributed by atoms with Gasteiger partial charge in [-0.2, -0.15) is 13.2 Å². The SMILES string of the molecule is CC(=O)OC(/C=C(\c1ccccc1)C(F)(F)F)c1ccccc1. The van der Waals surface area contributed by atoms with Crippen LogP contribution in [-0.4, -0.2) is 12.1 Å². The van der Waals surface area contributed by atoms with Gasteiger partial charge in [-0.1, -0.05) is 60.7 Å². The number of ether oxygens (including phenoxy) is 1. The monoisotopic (exact) mass is 320 g/mol. The minimum atomic E-state index is -4.56. The molecule has 2 aromatic rings. The van der Waals surface area contributed by atoms with Crippen LogP contribution in [-0.2, 0) is 9.53 Å². The fourth-order valence-corrected chi connectivity index (χ4v) is 2.14. The van der Waals surface area contributed by atoms with Crippen molar-refractivity contribution in [3.05, 3.63) is 77.9 Å². The highest BCUT2D eigenvalue weighted by Gasteiger charge is 2.35. The zero-order chi connectivity index (χ0) is 16.9. The summed E-state index contributed by atoms with van der Waals surface area (Å²) in [6.45, 7) is 1.17. The van der Waals surface area contributed by atoms with Crippen molar-refractivity contribution in [3.63, 3.8) is 0 Å². The van der Waals surface area contributed by atoms with E-state index in [2.05, 4.69) is 0 Å². The molecule has 0 spiro atoms. The summed E-state index contributed by atoms with van der Waals surface area (Å²) in [5, 5.41) is 0. The number of hydrogen-bond acceptors (Lipinski definition) is 2. The first-order chi connectivity index (χ1) is 10.9. The van der Waals surface area contributed by atoms with Gasteiger partial charge in [-0.25, -0.2) is 0 Å². The van der Waals surface area contributed by atoms with Crippen molar-refractivity contribution in [3.8, 4) is 0 Å². The summed E-state index contributed by atoms with van der Waals surface area (Å²) >= 11 is 0. The molecule has 0 amide bonds. The zero-order valence-corrected chi connectivity index (χ0v) is 12.4. The van der Waals surface area contributed by atoms with Gasteiger partial charge >= 0.3 is 12.1 Å². The van der Waals surface area contributed by atoms with Crippen molar-refractivity contribution in [1.82, 2.24) is 0 Å². The van der Waals surface area contributed by atoms with Gasteiger partial charge in [-0.3, -0.25) is 4.79 Å². The number of halogens is 3. The van der Waals surface area contributed by atoms with E-state index in [9.17, 15) is 18.0 Å². The van der Waals surface area contributed by atoms with E-state index in [-0.39, 0.29) is 5.56 Å². The molecule has 23 heavy (non-hydrogen) atoms. The number of carbonyl (C=O) groups is 1. The highest BCUT2D eigenvalue weighted by molar-refractivity contribution is 5.71. The van der Waals surface area contributed by atoms with E-state index in [1.54, 1.807) is 36.4 Å². The van der Waals surface area contributed by atoms with Gasteiger partial charge in [-0.15, -0.1) is 0 Å². The highest BCUT2D eigenvalue weighted by Crippen LogP contribution is 2.36. The van der Waals surface area contributed by atoms with E-state index >= 15 is 0 Å². The highest BCUT2D eigenvalue weighted by atomic mass is 19.4. The maximum Gasteiger partial charge on any atom is 0.416 e. The minimum Gasteiger partial charge on any atom is -0.453 e. The summed E-state index contributed by atoms with van der Waals surface area (Å²) in [5.74, 6) is -0.648. The van der Waals surface area contributed by atoms with Gasteiger partial charge in [0.15, 0.2) is 0 Å². The Labute approximate surface area is 132 Å². The molecule has 2 rings (SSSR count). The first-order valence-corrected chi connectivity index (χ1v) is 6.94. The molecule has 120 valence electrons. The first-order valence-electron chi connectivity index (χ1n) is 6.94. The lowest BCUT2D eigenvalue weighted by Crippen LogP contribution is -2.14. The minimum absolute atomic E-state index is 0.0214. The lowest BCUT2D eigenvalue weighted by atomic mass is 10.0. The molecule has 0 radical (unpaired) electrons. The molecule has 0 bridgehead atoms. The van der Waals surface area contributed by atoms with Crippen molar-refractivity contribution in [1.29, 1.82) is 0 Å². The van der Waals surface area contributed by atoms with E-state index in [0.29, 0.717) is 5.56 Å². The molecule has 0 aliphatic heterocycles. The molecule has 2 nitrogen and oxygen atoms in total. The first kappa shape index (κ1) is 16.8. The van der Waals surface area contributed by atoms with E-state index in [4.69, 9.17) is 4.74 Å². The molecule has 1 unspecified atom stereocenters. The van der Waals surface area contributed by atoms with Crippen LogP contribution >= 0.6 is 0 Å². The topological polar surface area (TPSA) is 26.3 Å². The smallest absolute Gasteiger partial charge is 0.416 e. The number of carbonyl (C=O) groups excluding carboxylic acids is 1. The number of esters is 1. The quantitative estimate of drug-likeness (QED) is 0.746. The van der Waals surface area contributed by atoms with E-state index in [0.717, 1.165) is 6.08 Å². The van der Waals surface area contributed by atoms with Gasteiger partial charge < -0.3 is 4.74 Å². The average Bonchev–Trinajstić information content (AvgIpc) is 2.51. The van der Waals surface area contributed by atoms with Gasteiger partial charge in [0, 0.05) is 6.92 Å². The number of allylic oxidation sites excluding steroid dienone is 1. The van der Waals surface area contributed by atoms with Crippen LogP contribution in [0.25, 0.3) is 5.57 Å². The second-order valence-electron chi connectivity index (χ2n) is 4.88. The Kier molecular flexibility index (Phi) is 5.21. The average molecular weight is 320 g/mol. The number of alkyl halides is 3. The number of benzene rings is 2. The number of rotatable bonds is 4. The summed E-state index contributed by atoms with van der Waals surface area (Å²) in [4.78, 5) is 11.3. The normalized spacial score (nSPS) is 13.5. The van der Waals surface area contributed by atoms with Crippen LogP contribution in [0.2, 0.25) is 0 Å². The predicted octanol–water partition coefficient (Wildman–Crippen LogP) is 4.94. The summed E-state index contributed by atoms with van der Waals surface area (Å²) in [7, 11) is 0. The van der Waals surface area contributed by atoms with Gasteiger partial charge in [0.1, 0.15) is 6.10 Å². The fourth-order valence-electron chi connectivity index (χ4n) is 2.14. The van der Waals surface area contributed by atoms with E-state index < -0.39 is 23.8 Å². The van der Waals surface area contributed by atoms with Crippen molar-refractivity contribution in [2.24, 2.45) is 0 Å². The molecular formula is C18H15F3O2. The Morgan fingerprint density at radius 3 is 2.00 bits per heavy atom. The second kappa shape index (κ2) is 7.13. The summed E-state index contributed by atoms with van der Waals surface area (Å²) in [6.07, 6.45) is -4.73. The van der Waals surface area contributed by atoms with Crippen LogP contribution in [0.5, 0.6) is 0 Å². The zero-order valence-electron chi connectivity index (χ0n) is 12.4. The van der Waals surface area contributed by atoms with Crippen LogP contribution in [0.15, 0.2) is 66.7 Å². The Hall–Kier alpha value is -2.56. The van der Waals surface area contributed by atoms with Crippen molar-refractivity contribution in [2.45, 2.75) is 19.2 Å². The molecule has 1 atom stereocenters. The molecule has 0 saturated carbocycles. The van der Waals surface area contributed by atoms with E-state index in [1.807, 2.05) is 0 Å². The second-order valence-corrected chi connectivity index (χ2v) is 4.88. The summed E-state index contributed by atoms with van der Waals surface area (Å²) in [6, 6.07) is 15.7. The lowest BCUT2D eigenvalue weighted by molar-refractivity contribution is -0.144. The van der Waals surface area contributed by atoms with Gasteiger partial charge in [0.05, 0.1) is 5.57 Å². The van der Waals surface area contributed by atoms with Crippen molar-refractivity contribution in [2.75, 3.05) is 0 Å². The molecule has 5 heteroatoms. The summed E-state index contributed by atoms with van der Waals surface area (Å²) in [5.41, 5.74) is -0.346. The molecule has 0 saturated heterocycles. The van der Waals surface area contributed by atoms with Gasteiger partial charge in [0.2, 0.25) is 0 Å². The molecule has 0 heterocycles. The maximum atomic E-state index is 13.4. The third kappa shape index (κ3) is 4.71. The Morgan fingerprint density at radius 1 is 1.00 bits per heavy atom. The molecule has 0 N–H and O–H groups in total. The molecule has 2 aromatic carbocycles. The van der Waals surface area contributed by atoms with Crippen LogP contribution < -0.4 is 0 Å². The van der Waals surface area contributed by atoms with Gasteiger partial charge in [0.25, 0.3) is 0 Å². The van der Waals surface area contributed by atoms with Crippen LogP contribution in [0, 0.1) is 0 Å². The molecular weight excluding hydrogens is 305 g/mol. The fraction of sp³-hybridized carbons (Fsp3) is 0.167. The standard InChI is InChI=1S/C18H15F3O2/c1-13(22)23-17(15-10-6-3-7-11-15)12-16(18(19,20)21)14-8-4-2-5-9-14/h2-12,17H,1H3/b16-12+. The molecule has 0 fully saturated rings. The van der Waals surface area contributed by atoms with Gasteiger partial charge in [-0.05, 0) is 17.2 Å². The molecule has 0 aliphatic carbocycles. The largest absolute Gasteiger partial charge is 0.453 e. The Bertz CT molecular complexity index is 676. The van der Waals surface area contributed by atoms with Crippen LogP contribution in [0.4, 0.5) is 13.2 Å². The van der Waals surface area contributed by atoms with Crippen molar-refractivity contribution < 1.29 is 22.7 Å². The molecule has 0 aromatic heterocycles. The lowest BCUT2D eigenvalue weighted by Gasteiger charge is -2.18. The molecule has 0 aliphatic rings.